The lowest BCUT2D eigenvalue weighted by Crippen LogP contribution is -2.42. The molecule has 0 unspecified atom stereocenters. The zero-order chi connectivity index (χ0) is 12.2. The molecule has 0 aliphatic heterocycles. The Labute approximate surface area is 100 Å². The van der Waals surface area contributed by atoms with Crippen LogP contribution < -0.4 is 11.1 Å². The number of amides is 1. The zero-order valence-corrected chi connectivity index (χ0v) is 10.9. The van der Waals surface area contributed by atoms with Gasteiger partial charge in [0.05, 0.1) is 5.01 Å². The third-order valence-electron chi connectivity index (χ3n) is 2.48. The first kappa shape index (κ1) is 13.1. The van der Waals surface area contributed by atoms with Gasteiger partial charge in [0.25, 0.3) is 5.91 Å². The number of rotatable bonds is 5. The van der Waals surface area contributed by atoms with Gasteiger partial charge >= 0.3 is 0 Å². The molecule has 0 aromatic carbocycles. The number of nitrogens with one attached hydrogen (secondary N) is 1. The van der Waals surface area contributed by atoms with Crippen molar-refractivity contribution in [1.82, 2.24) is 10.3 Å². The van der Waals surface area contributed by atoms with Crippen LogP contribution in [0.5, 0.6) is 0 Å². The van der Waals surface area contributed by atoms with Gasteiger partial charge in [-0.3, -0.25) is 4.79 Å². The summed E-state index contributed by atoms with van der Waals surface area (Å²) in [5, 5.41) is 5.65. The van der Waals surface area contributed by atoms with Crippen LogP contribution in [0.1, 0.15) is 42.7 Å². The molecule has 4 nitrogen and oxygen atoms in total. The van der Waals surface area contributed by atoms with Gasteiger partial charge in [0.15, 0.2) is 0 Å². The second-order valence-corrected chi connectivity index (χ2v) is 5.30. The fourth-order valence-corrected chi connectivity index (χ4v) is 1.91. The van der Waals surface area contributed by atoms with E-state index in [0.29, 0.717) is 12.2 Å². The maximum atomic E-state index is 11.8. The minimum absolute atomic E-state index is 0.105. The van der Waals surface area contributed by atoms with E-state index in [9.17, 15) is 4.79 Å². The average Bonchev–Trinajstić information content (AvgIpc) is 2.66. The lowest BCUT2D eigenvalue weighted by Gasteiger charge is -2.23. The van der Waals surface area contributed by atoms with Gasteiger partial charge in [-0.05, 0) is 26.8 Å². The van der Waals surface area contributed by atoms with E-state index >= 15 is 0 Å². The third-order valence-corrected chi connectivity index (χ3v) is 3.39. The molecule has 1 amide bonds. The summed E-state index contributed by atoms with van der Waals surface area (Å²) < 4.78 is 0. The van der Waals surface area contributed by atoms with Crippen molar-refractivity contribution < 1.29 is 4.79 Å². The van der Waals surface area contributed by atoms with Gasteiger partial charge in [0, 0.05) is 17.3 Å². The molecule has 1 aromatic rings. The molecule has 90 valence electrons. The molecule has 0 spiro atoms. The van der Waals surface area contributed by atoms with Crippen LogP contribution in [0.25, 0.3) is 0 Å². The Morgan fingerprint density at radius 1 is 1.62 bits per heavy atom. The van der Waals surface area contributed by atoms with Crippen molar-refractivity contribution in [2.24, 2.45) is 5.73 Å². The standard InChI is InChI=1S/C11H19N3OS/c1-4-11(2,3)14-10(15)8-7-16-9(13-8)5-6-12/h7H,4-6,12H2,1-3H3,(H,14,15). The fourth-order valence-electron chi connectivity index (χ4n) is 1.11. The summed E-state index contributed by atoms with van der Waals surface area (Å²) in [7, 11) is 0. The van der Waals surface area contributed by atoms with Crippen LogP contribution in [-0.2, 0) is 6.42 Å². The molecular formula is C11H19N3OS. The number of hydrogen-bond donors (Lipinski definition) is 2. The number of nitrogens with two attached hydrogens (primary N) is 1. The predicted octanol–water partition coefficient (Wildman–Crippen LogP) is 1.56. The van der Waals surface area contributed by atoms with Gasteiger partial charge in [0.1, 0.15) is 5.69 Å². The van der Waals surface area contributed by atoms with Crippen LogP contribution in [0, 0.1) is 0 Å². The van der Waals surface area contributed by atoms with Crippen LogP contribution >= 0.6 is 11.3 Å². The van der Waals surface area contributed by atoms with Crippen LogP contribution in [0.15, 0.2) is 5.38 Å². The van der Waals surface area contributed by atoms with E-state index in [1.54, 1.807) is 5.38 Å². The quantitative estimate of drug-likeness (QED) is 0.822. The lowest BCUT2D eigenvalue weighted by atomic mass is 10.0. The summed E-state index contributed by atoms with van der Waals surface area (Å²) in [5.41, 5.74) is 5.74. The molecular weight excluding hydrogens is 222 g/mol. The Balaban J connectivity index is 2.66. The van der Waals surface area contributed by atoms with E-state index in [-0.39, 0.29) is 11.4 Å². The molecule has 0 radical (unpaired) electrons. The Morgan fingerprint density at radius 2 is 2.31 bits per heavy atom. The monoisotopic (exact) mass is 241 g/mol. The lowest BCUT2D eigenvalue weighted by molar-refractivity contribution is 0.0906. The van der Waals surface area contributed by atoms with Crippen molar-refractivity contribution in [2.75, 3.05) is 6.54 Å². The van der Waals surface area contributed by atoms with E-state index in [1.165, 1.54) is 11.3 Å². The number of thiazole rings is 1. The molecule has 0 fully saturated rings. The summed E-state index contributed by atoms with van der Waals surface area (Å²) in [4.78, 5) is 16.1. The largest absolute Gasteiger partial charge is 0.346 e. The second-order valence-electron chi connectivity index (χ2n) is 4.36. The number of hydrogen-bond acceptors (Lipinski definition) is 4. The highest BCUT2D eigenvalue weighted by Gasteiger charge is 2.20. The van der Waals surface area contributed by atoms with Crippen molar-refractivity contribution in [1.29, 1.82) is 0 Å². The molecule has 1 heterocycles. The SMILES string of the molecule is CCC(C)(C)NC(=O)c1csc(CCN)n1. The predicted molar refractivity (Wildman–Crippen MR) is 66.7 cm³/mol. The minimum atomic E-state index is -0.186. The van der Waals surface area contributed by atoms with Crippen LogP contribution in [0.3, 0.4) is 0 Å². The Bertz CT molecular complexity index is 360. The molecule has 1 rings (SSSR count). The highest BCUT2D eigenvalue weighted by atomic mass is 32.1. The van der Waals surface area contributed by atoms with Gasteiger partial charge < -0.3 is 11.1 Å². The summed E-state index contributed by atoms with van der Waals surface area (Å²) in [5.74, 6) is -0.105. The molecule has 0 bridgehead atoms. The van der Waals surface area contributed by atoms with E-state index in [2.05, 4.69) is 10.3 Å². The first-order valence-electron chi connectivity index (χ1n) is 5.45. The topological polar surface area (TPSA) is 68.0 Å². The highest BCUT2D eigenvalue weighted by molar-refractivity contribution is 7.09. The second kappa shape index (κ2) is 5.41. The third kappa shape index (κ3) is 3.57. The summed E-state index contributed by atoms with van der Waals surface area (Å²) in [6, 6.07) is 0. The Hall–Kier alpha value is -0.940. The molecule has 16 heavy (non-hydrogen) atoms. The molecule has 0 atom stereocenters. The molecule has 0 saturated heterocycles. The molecule has 0 aliphatic carbocycles. The zero-order valence-electron chi connectivity index (χ0n) is 10.0. The van der Waals surface area contributed by atoms with Gasteiger partial charge in [-0.15, -0.1) is 11.3 Å². The molecule has 0 saturated carbocycles. The van der Waals surface area contributed by atoms with Crippen LogP contribution in [0.4, 0.5) is 0 Å². The summed E-state index contributed by atoms with van der Waals surface area (Å²) in [6.45, 7) is 6.60. The van der Waals surface area contributed by atoms with Crippen LogP contribution in [0.2, 0.25) is 0 Å². The van der Waals surface area contributed by atoms with Crippen molar-refractivity contribution in [2.45, 2.75) is 39.2 Å². The van der Waals surface area contributed by atoms with E-state index in [0.717, 1.165) is 17.8 Å². The molecule has 5 heteroatoms. The van der Waals surface area contributed by atoms with Crippen molar-refractivity contribution in [3.8, 4) is 0 Å². The first-order valence-corrected chi connectivity index (χ1v) is 6.33. The molecule has 1 aromatic heterocycles. The molecule has 3 N–H and O–H groups in total. The summed E-state index contributed by atoms with van der Waals surface area (Å²) in [6.07, 6.45) is 1.62. The van der Waals surface area contributed by atoms with Gasteiger partial charge in [-0.2, -0.15) is 0 Å². The van der Waals surface area contributed by atoms with E-state index in [4.69, 9.17) is 5.73 Å². The highest BCUT2D eigenvalue weighted by Crippen LogP contribution is 2.12. The normalized spacial score (nSPS) is 11.5. The van der Waals surface area contributed by atoms with E-state index < -0.39 is 0 Å². The summed E-state index contributed by atoms with van der Waals surface area (Å²) >= 11 is 1.48. The number of nitrogens with zero attached hydrogens (tertiary/aromatic N) is 1. The van der Waals surface area contributed by atoms with Gasteiger partial charge in [-0.1, -0.05) is 6.92 Å². The minimum Gasteiger partial charge on any atom is -0.346 e. The van der Waals surface area contributed by atoms with Gasteiger partial charge in [-0.25, -0.2) is 4.98 Å². The van der Waals surface area contributed by atoms with Gasteiger partial charge in [0.2, 0.25) is 0 Å². The fraction of sp³-hybridized carbons (Fsp3) is 0.636. The maximum absolute atomic E-state index is 11.8. The maximum Gasteiger partial charge on any atom is 0.271 e. The number of carbonyl (C=O) groups excluding carboxylic acids is 1. The first-order chi connectivity index (χ1) is 7.48. The smallest absolute Gasteiger partial charge is 0.271 e. The molecule has 0 aliphatic rings. The van der Waals surface area contributed by atoms with E-state index in [1.807, 2.05) is 20.8 Å². The Kier molecular flexibility index (Phi) is 4.44. The van der Waals surface area contributed by atoms with Crippen molar-refractivity contribution in [3.63, 3.8) is 0 Å². The van der Waals surface area contributed by atoms with Crippen LogP contribution in [-0.4, -0.2) is 23.0 Å². The van der Waals surface area contributed by atoms with Crippen molar-refractivity contribution in [3.05, 3.63) is 16.1 Å². The number of carbonyl (C=O) groups is 1. The average molecular weight is 241 g/mol. The van der Waals surface area contributed by atoms with Crippen molar-refractivity contribution >= 4 is 17.2 Å². The number of aromatic nitrogens is 1. The Morgan fingerprint density at radius 3 is 2.88 bits per heavy atom.